The van der Waals surface area contributed by atoms with Crippen molar-refractivity contribution in [3.05, 3.63) is 6.33 Å². The SMILES string of the molecule is NNc1ncnc(N2CCN(CCO)CC2)c1N. The van der Waals surface area contributed by atoms with Crippen LogP contribution < -0.4 is 21.9 Å². The van der Waals surface area contributed by atoms with Gasteiger partial charge in [-0.25, -0.2) is 15.8 Å². The first-order valence-corrected chi connectivity index (χ1v) is 5.91. The molecule has 6 N–H and O–H groups in total. The van der Waals surface area contributed by atoms with E-state index in [-0.39, 0.29) is 6.61 Å². The second-order valence-electron chi connectivity index (χ2n) is 4.16. The van der Waals surface area contributed by atoms with E-state index in [0.29, 0.717) is 23.9 Å². The van der Waals surface area contributed by atoms with E-state index in [2.05, 4.69) is 25.2 Å². The van der Waals surface area contributed by atoms with E-state index in [4.69, 9.17) is 16.7 Å². The number of hydrazine groups is 1. The molecule has 0 atom stereocenters. The minimum Gasteiger partial charge on any atom is -0.395 e. The molecule has 0 saturated carbocycles. The number of piperazine rings is 1. The van der Waals surface area contributed by atoms with Gasteiger partial charge < -0.3 is 21.2 Å². The maximum Gasteiger partial charge on any atom is 0.168 e. The van der Waals surface area contributed by atoms with Crippen molar-refractivity contribution in [3.8, 4) is 0 Å². The summed E-state index contributed by atoms with van der Waals surface area (Å²) in [5, 5.41) is 8.90. The summed E-state index contributed by atoms with van der Waals surface area (Å²) in [5.74, 6) is 6.49. The van der Waals surface area contributed by atoms with Crippen molar-refractivity contribution >= 4 is 17.3 Å². The Morgan fingerprint density at radius 2 is 2.00 bits per heavy atom. The first-order valence-electron chi connectivity index (χ1n) is 5.91. The number of aliphatic hydroxyl groups excluding tert-OH is 1. The quantitative estimate of drug-likeness (QED) is 0.377. The Morgan fingerprint density at radius 3 is 2.61 bits per heavy atom. The number of hydrogen-bond donors (Lipinski definition) is 4. The van der Waals surface area contributed by atoms with Crippen LogP contribution >= 0.6 is 0 Å². The minimum absolute atomic E-state index is 0.191. The zero-order valence-electron chi connectivity index (χ0n) is 10.2. The highest BCUT2D eigenvalue weighted by Crippen LogP contribution is 2.25. The predicted octanol–water partition coefficient (Wildman–Crippen LogP) is -1.54. The predicted molar refractivity (Wildman–Crippen MR) is 70.0 cm³/mol. The second-order valence-corrected chi connectivity index (χ2v) is 4.16. The number of rotatable bonds is 4. The molecule has 0 aliphatic carbocycles. The van der Waals surface area contributed by atoms with Crippen LogP contribution in [0.3, 0.4) is 0 Å². The van der Waals surface area contributed by atoms with Gasteiger partial charge in [0.2, 0.25) is 0 Å². The molecule has 1 aromatic heterocycles. The molecule has 0 spiro atoms. The van der Waals surface area contributed by atoms with Crippen LogP contribution in [-0.2, 0) is 0 Å². The summed E-state index contributed by atoms with van der Waals surface area (Å²) in [7, 11) is 0. The molecule has 2 heterocycles. The maximum atomic E-state index is 8.90. The average molecular weight is 253 g/mol. The summed E-state index contributed by atoms with van der Waals surface area (Å²) < 4.78 is 0. The summed E-state index contributed by atoms with van der Waals surface area (Å²) in [5.41, 5.74) is 8.88. The Kier molecular flexibility index (Phi) is 4.13. The molecule has 8 heteroatoms. The van der Waals surface area contributed by atoms with Gasteiger partial charge >= 0.3 is 0 Å². The first-order chi connectivity index (χ1) is 8.76. The van der Waals surface area contributed by atoms with Crippen molar-refractivity contribution in [1.29, 1.82) is 0 Å². The molecule has 0 amide bonds. The van der Waals surface area contributed by atoms with E-state index < -0.39 is 0 Å². The molecule has 1 fully saturated rings. The van der Waals surface area contributed by atoms with Crippen LogP contribution in [0.25, 0.3) is 0 Å². The molecular formula is C10H19N7O. The Hall–Kier alpha value is -1.64. The zero-order valence-corrected chi connectivity index (χ0v) is 10.2. The molecule has 0 bridgehead atoms. The van der Waals surface area contributed by atoms with Crippen molar-refractivity contribution < 1.29 is 5.11 Å². The molecule has 2 rings (SSSR count). The topological polar surface area (TPSA) is 117 Å². The normalized spacial score (nSPS) is 16.9. The number of nitrogen functional groups attached to an aromatic ring is 2. The highest BCUT2D eigenvalue weighted by molar-refractivity contribution is 5.74. The number of hydrogen-bond acceptors (Lipinski definition) is 8. The van der Waals surface area contributed by atoms with Gasteiger partial charge in [-0.05, 0) is 0 Å². The molecule has 100 valence electrons. The molecule has 1 saturated heterocycles. The summed E-state index contributed by atoms with van der Waals surface area (Å²) in [6.07, 6.45) is 1.45. The van der Waals surface area contributed by atoms with Crippen molar-refractivity contribution in [2.45, 2.75) is 0 Å². The lowest BCUT2D eigenvalue weighted by molar-refractivity contribution is 0.188. The number of aliphatic hydroxyl groups is 1. The van der Waals surface area contributed by atoms with Gasteiger partial charge in [-0.2, -0.15) is 0 Å². The van der Waals surface area contributed by atoms with Gasteiger partial charge in [0.25, 0.3) is 0 Å². The largest absolute Gasteiger partial charge is 0.395 e. The van der Waals surface area contributed by atoms with Crippen LogP contribution in [0.4, 0.5) is 17.3 Å². The van der Waals surface area contributed by atoms with Crippen LogP contribution in [0.1, 0.15) is 0 Å². The molecule has 1 aromatic rings. The van der Waals surface area contributed by atoms with Gasteiger partial charge in [-0.15, -0.1) is 0 Å². The molecule has 0 unspecified atom stereocenters. The van der Waals surface area contributed by atoms with Crippen LogP contribution in [0.15, 0.2) is 6.33 Å². The zero-order chi connectivity index (χ0) is 13.0. The first kappa shape index (κ1) is 12.8. The lowest BCUT2D eigenvalue weighted by Gasteiger charge is -2.35. The lowest BCUT2D eigenvalue weighted by atomic mass is 10.3. The van der Waals surface area contributed by atoms with E-state index in [9.17, 15) is 0 Å². The fourth-order valence-corrected chi connectivity index (χ4v) is 2.08. The second kappa shape index (κ2) is 5.80. The summed E-state index contributed by atoms with van der Waals surface area (Å²) in [6, 6.07) is 0. The van der Waals surface area contributed by atoms with Gasteiger partial charge in [0, 0.05) is 32.7 Å². The highest BCUT2D eigenvalue weighted by Gasteiger charge is 2.20. The van der Waals surface area contributed by atoms with E-state index in [1.807, 2.05) is 0 Å². The molecule has 18 heavy (non-hydrogen) atoms. The number of anilines is 3. The van der Waals surface area contributed by atoms with Crippen LogP contribution in [0.5, 0.6) is 0 Å². The Balaban J connectivity index is 2.05. The third-order valence-corrected chi connectivity index (χ3v) is 3.09. The lowest BCUT2D eigenvalue weighted by Crippen LogP contribution is -2.47. The van der Waals surface area contributed by atoms with Gasteiger partial charge in [0.15, 0.2) is 11.6 Å². The number of nitrogens with zero attached hydrogens (tertiary/aromatic N) is 4. The third-order valence-electron chi connectivity index (χ3n) is 3.09. The van der Waals surface area contributed by atoms with Gasteiger partial charge in [-0.1, -0.05) is 0 Å². The summed E-state index contributed by atoms with van der Waals surface area (Å²) in [6.45, 7) is 4.32. The molecule has 0 radical (unpaired) electrons. The Labute approximate surface area is 106 Å². The monoisotopic (exact) mass is 253 g/mol. The number of nitrogens with one attached hydrogen (secondary N) is 1. The molecule has 8 nitrogen and oxygen atoms in total. The molecule has 1 aliphatic rings. The molecular weight excluding hydrogens is 234 g/mol. The summed E-state index contributed by atoms with van der Waals surface area (Å²) >= 11 is 0. The van der Waals surface area contributed by atoms with E-state index in [1.54, 1.807) is 0 Å². The van der Waals surface area contributed by atoms with Crippen molar-refractivity contribution in [2.24, 2.45) is 5.84 Å². The third kappa shape index (κ3) is 2.61. The van der Waals surface area contributed by atoms with Crippen LogP contribution in [0.2, 0.25) is 0 Å². The van der Waals surface area contributed by atoms with Gasteiger partial charge in [0.1, 0.15) is 12.0 Å². The standard InChI is InChI=1S/C10H19N7O/c11-8-9(15-12)13-7-14-10(8)17-3-1-16(2-4-17)5-6-18/h7,18H,1-6,11-12H2,(H,13,14,15). The smallest absolute Gasteiger partial charge is 0.168 e. The number of nitrogens with two attached hydrogens (primary N) is 2. The molecule has 1 aliphatic heterocycles. The van der Waals surface area contributed by atoms with E-state index in [1.165, 1.54) is 6.33 Å². The fraction of sp³-hybridized carbons (Fsp3) is 0.600. The van der Waals surface area contributed by atoms with Crippen LogP contribution in [-0.4, -0.2) is 59.3 Å². The Bertz CT molecular complexity index is 392. The number of β-amino-alcohol motifs (C(OH)–C–C–N with tert-alkyl or cyclic N) is 1. The van der Waals surface area contributed by atoms with Gasteiger partial charge in [0.05, 0.1) is 6.61 Å². The van der Waals surface area contributed by atoms with Crippen LogP contribution in [0, 0.1) is 0 Å². The Morgan fingerprint density at radius 1 is 1.28 bits per heavy atom. The van der Waals surface area contributed by atoms with Crippen molar-refractivity contribution in [3.63, 3.8) is 0 Å². The maximum absolute atomic E-state index is 8.90. The van der Waals surface area contributed by atoms with E-state index in [0.717, 1.165) is 26.2 Å². The van der Waals surface area contributed by atoms with Gasteiger partial charge in [-0.3, -0.25) is 4.90 Å². The van der Waals surface area contributed by atoms with E-state index >= 15 is 0 Å². The van der Waals surface area contributed by atoms with Crippen molar-refractivity contribution in [1.82, 2.24) is 14.9 Å². The van der Waals surface area contributed by atoms with Crippen molar-refractivity contribution in [2.75, 3.05) is 55.4 Å². The minimum atomic E-state index is 0.191. The molecule has 0 aromatic carbocycles. The number of aromatic nitrogens is 2. The average Bonchev–Trinajstić information content (AvgIpc) is 2.41. The summed E-state index contributed by atoms with van der Waals surface area (Å²) in [4.78, 5) is 12.5. The highest BCUT2D eigenvalue weighted by atomic mass is 16.3. The fourth-order valence-electron chi connectivity index (χ4n) is 2.08.